The molecule has 0 unspecified atom stereocenters. The van der Waals surface area contributed by atoms with E-state index in [0.29, 0.717) is 5.56 Å². The first kappa shape index (κ1) is 9.13. The van der Waals surface area contributed by atoms with E-state index in [9.17, 15) is 4.79 Å². The van der Waals surface area contributed by atoms with Crippen molar-refractivity contribution in [3.63, 3.8) is 0 Å². The van der Waals surface area contributed by atoms with Gasteiger partial charge in [0.15, 0.2) is 0 Å². The van der Waals surface area contributed by atoms with E-state index >= 15 is 0 Å². The molecule has 1 aromatic rings. The molecule has 3 heteroatoms. The van der Waals surface area contributed by atoms with E-state index in [4.69, 9.17) is 4.74 Å². The van der Waals surface area contributed by atoms with Gasteiger partial charge in [0.25, 0.3) is 0 Å². The zero-order valence-electron chi connectivity index (χ0n) is 6.96. The fourth-order valence-corrected chi connectivity index (χ4v) is 1.45. The second-order valence-corrected chi connectivity index (χ2v) is 3.02. The molecule has 1 rings (SSSR count). The van der Waals surface area contributed by atoms with Gasteiger partial charge >= 0.3 is 0 Å². The minimum absolute atomic E-state index is 0.518. The van der Waals surface area contributed by atoms with E-state index in [0.717, 1.165) is 10.6 Å². The van der Waals surface area contributed by atoms with Crippen molar-refractivity contribution in [1.29, 1.82) is 0 Å². The SMILES string of the molecule is COc1cc([C]=O)ccc1SC. The molecule has 0 N–H and O–H groups in total. The predicted octanol–water partition coefficient (Wildman–Crippen LogP) is 1.87. The molecule has 0 amide bonds. The highest BCUT2D eigenvalue weighted by molar-refractivity contribution is 7.98. The normalized spacial score (nSPS) is 9.50. The lowest BCUT2D eigenvalue weighted by molar-refractivity contribution is 0.404. The summed E-state index contributed by atoms with van der Waals surface area (Å²) in [5.41, 5.74) is 0.518. The Bertz CT molecular complexity index is 284. The van der Waals surface area contributed by atoms with E-state index in [1.807, 2.05) is 18.6 Å². The molecule has 0 saturated heterocycles. The minimum atomic E-state index is 0.518. The molecule has 0 saturated carbocycles. The summed E-state index contributed by atoms with van der Waals surface area (Å²) in [6, 6.07) is 5.25. The summed E-state index contributed by atoms with van der Waals surface area (Å²) in [7, 11) is 1.59. The smallest absolute Gasteiger partial charge is 0.233 e. The molecule has 12 heavy (non-hydrogen) atoms. The quantitative estimate of drug-likeness (QED) is 0.666. The van der Waals surface area contributed by atoms with Crippen LogP contribution in [0.2, 0.25) is 0 Å². The molecule has 0 fully saturated rings. The molecule has 63 valence electrons. The van der Waals surface area contributed by atoms with Gasteiger partial charge in [0, 0.05) is 10.5 Å². The number of carbonyl (C=O) groups excluding carboxylic acids is 1. The lowest BCUT2D eigenvalue weighted by atomic mass is 10.2. The zero-order valence-corrected chi connectivity index (χ0v) is 7.77. The molecule has 0 aliphatic rings. The summed E-state index contributed by atoms with van der Waals surface area (Å²) in [5.74, 6) is 0.725. The molecular formula is C9H9O2S. The molecule has 1 radical (unpaired) electrons. The van der Waals surface area contributed by atoms with Crippen LogP contribution in [0.5, 0.6) is 5.75 Å². The number of ether oxygens (including phenoxy) is 1. The average molecular weight is 181 g/mol. The first-order valence-corrected chi connectivity index (χ1v) is 4.64. The third-order valence-corrected chi connectivity index (χ3v) is 2.28. The number of rotatable bonds is 3. The van der Waals surface area contributed by atoms with Crippen molar-refractivity contribution in [3.8, 4) is 5.75 Å². The molecule has 0 bridgehead atoms. The molecule has 0 atom stereocenters. The van der Waals surface area contributed by atoms with Crippen LogP contribution < -0.4 is 4.74 Å². The highest BCUT2D eigenvalue weighted by Crippen LogP contribution is 2.27. The molecule has 1 aromatic carbocycles. The lowest BCUT2D eigenvalue weighted by Gasteiger charge is -2.05. The van der Waals surface area contributed by atoms with Gasteiger partial charge in [0.05, 0.1) is 7.11 Å². The van der Waals surface area contributed by atoms with Crippen LogP contribution in [0.3, 0.4) is 0 Å². The first-order chi connectivity index (χ1) is 5.81. The van der Waals surface area contributed by atoms with Gasteiger partial charge in [-0.05, 0) is 24.5 Å². The van der Waals surface area contributed by atoms with Crippen LogP contribution in [-0.4, -0.2) is 19.7 Å². The van der Waals surface area contributed by atoms with Crippen molar-refractivity contribution in [1.82, 2.24) is 0 Å². The van der Waals surface area contributed by atoms with Crippen molar-refractivity contribution in [2.45, 2.75) is 4.90 Å². The van der Waals surface area contributed by atoms with Crippen molar-refractivity contribution < 1.29 is 9.53 Å². The summed E-state index contributed by atoms with van der Waals surface area (Å²) < 4.78 is 5.08. The van der Waals surface area contributed by atoms with E-state index < -0.39 is 0 Å². The predicted molar refractivity (Wildman–Crippen MR) is 49.6 cm³/mol. The molecule has 0 aliphatic heterocycles. The highest BCUT2D eigenvalue weighted by atomic mass is 32.2. The molecule has 0 aliphatic carbocycles. The molecule has 2 nitrogen and oxygen atoms in total. The molecule has 0 spiro atoms. The summed E-state index contributed by atoms with van der Waals surface area (Å²) in [6.45, 7) is 0. The van der Waals surface area contributed by atoms with Gasteiger partial charge in [-0.15, -0.1) is 11.8 Å². The Labute approximate surface area is 75.9 Å². The van der Waals surface area contributed by atoms with Crippen molar-refractivity contribution in [3.05, 3.63) is 23.8 Å². The highest BCUT2D eigenvalue weighted by Gasteiger charge is 2.02. The van der Waals surface area contributed by atoms with E-state index in [2.05, 4.69) is 0 Å². The van der Waals surface area contributed by atoms with Crippen molar-refractivity contribution in [2.75, 3.05) is 13.4 Å². The standard InChI is InChI=1S/C9H9O2S/c1-11-8-5-7(6-10)3-4-9(8)12-2/h3-5H,1-2H3. The second-order valence-electron chi connectivity index (χ2n) is 2.17. The maximum Gasteiger partial charge on any atom is 0.233 e. The van der Waals surface area contributed by atoms with Gasteiger partial charge in [-0.2, -0.15) is 0 Å². The van der Waals surface area contributed by atoms with Crippen LogP contribution in [0, 0.1) is 0 Å². The van der Waals surface area contributed by atoms with Crippen LogP contribution in [-0.2, 0) is 4.79 Å². The van der Waals surface area contributed by atoms with Crippen LogP contribution in [0.15, 0.2) is 23.1 Å². The number of benzene rings is 1. The Kier molecular flexibility index (Phi) is 3.17. The number of methoxy groups -OCH3 is 1. The van der Waals surface area contributed by atoms with E-state index in [1.54, 1.807) is 31.0 Å². The van der Waals surface area contributed by atoms with E-state index in [-0.39, 0.29) is 0 Å². The summed E-state index contributed by atoms with van der Waals surface area (Å²) in [5, 5.41) is 0. The van der Waals surface area contributed by atoms with Crippen molar-refractivity contribution in [2.24, 2.45) is 0 Å². The fourth-order valence-electron chi connectivity index (χ4n) is 0.900. The molecule has 0 aromatic heterocycles. The third kappa shape index (κ3) is 1.80. The largest absolute Gasteiger partial charge is 0.496 e. The topological polar surface area (TPSA) is 26.3 Å². The van der Waals surface area contributed by atoms with Gasteiger partial charge in [0.1, 0.15) is 5.75 Å². The van der Waals surface area contributed by atoms with Crippen LogP contribution in [0.4, 0.5) is 0 Å². The Morgan fingerprint density at radius 1 is 1.50 bits per heavy atom. The lowest BCUT2D eigenvalue weighted by Crippen LogP contribution is -1.88. The van der Waals surface area contributed by atoms with Gasteiger partial charge < -0.3 is 4.74 Å². The van der Waals surface area contributed by atoms with Crippen LogP contribution in [0.25, 0.3) is 0 Å². The average Bonchev–Trinajstić information content (AvgIpc) is 2.16. The van der Waals surface area contributed by atoms with Gasteiger partial charge in [-0.1, -0.05) is 0 Å². The number of thioether (sulfide) groups is 1. The Morgan fingerprint density at radius 2 is 2.25 bits per heavy atom. The van der Waals surface area contributed by atoms with Gasteiger partial charge in [-0.3, -0.25) is 4.79 Å². The van der Waals surface area contributed by atoms with Crippen molar-refractivity contribution >= 4 is 18.0 Å². The summed E-state index contributed by atoms with van der Waals surface area (Å²) >= 11 is 1.58. The Balaban J connectivity index is 3.10. The Hall–Kier alpha value is -0.960. The Morgan fingerprint density at radius 3 is 2.75 bits per heavy atom. The third-order valence-electron chi connectivity index (χ3n) is 1.50. The number of hydrogen-bond donors (Lipinski definition) is 0. The maximum absolute atomic E-state index is 10.3. The second kappa shape index (κ2) is 4.16. The van der Waals surface area contributed by atoms with Crippen LogP contribution >= 0.6 is 11.8 Å². The van der Waals surface area contributed by atoms with Gasteiger partial charge in [-0.25, -0.2) is 0 Å². The minimum Gasteiger partial charge on any atom is -0.496 e. The zero-order chi connectivity index (χ0) is 8.97. The summed E-state index contributed by atoms with van der Waals surface area (Å²) in [4.78, 5) is 11.3. The maximum atomic E-state index is 10.3. The van der Waals surface area contributed by atoms with Gasteiger partial charge in [0.2, 0.25) is 6.29 Å². The first-order valence-electron chi connectivity index (χ1n) is 3.42. The number of hydrogen-bond acceptors (Lipinski definition) is 3. The summed E-state index contributed by atoms with van der Waals surface area (Å²) in [6.07, 6.45) is 3.77. The van der Waals surface area contributed by atoms with Crippen LogP contribution in [0.1, 0.15) is 5.56 Å². The fraction of sp³-hybridized carbons (Fsp3) is 0.222. The monoisotopic (exact) mass is 181 g/mol. The molecular weight excluding hydrogens is 172 g/mol. The molecule has 0 heterocycles. The van der Waals surface area contributed by atoms with E-state index in [1.165, 1.54) is 0 Å².